The molecule has 0 radical (unpaired) electrons. The van der Waals surface area contributed by atoms with Gasteiger partial charge in [-0.2, -0.15) is 0 Å². The molecular formula is C13H25N3O. The van der Waals surface area contributed by atoms with Crippen molar-refractivity contribution in [3.63, 3.8) is 0 Å². The van der Waals surface area contributed by atoms with Gasteiger partial charge in [0.25, 0.3) is 0 Å². The van der Waals surface area contributed by atoms with Crippen LogP contribution in [0.2, 0.25) is 0 Å². The van der Waals surface area contributed by atoms with Gasteiger partial charge in [0.2, 0.25) is 5.91 Å². The Hall–Kier alpha value is -0.610. The maximum atomic E-state index is 11.8. The highest BCUT2D eigenvalue weighted by Gasteiger charge is 2.31. The zero-order valence-electron chi connectivity index (χ0n) is 10.9. The lowest BCUT2D eigenvalue weighted by atomic mass is 9.70. The Morgan fingerprint density at radius 1 is 1.29 bits per heavy atom. The van der Waals surface area contributed by atoms with Crippen molar-refractivity contribution in [3.05, 3.63) is 0 Å². The number of amides is 1. The molecule has 0 aromatic rings. The SMILES string of the molecule is CC1(CNC(=O)CN2CCCNCC2)CCC1. The molecule has 2 fully saturated rings. The van der Waals surface area contributed by atoms with E-state index in [9.17, 15) is 4.79 Å². The second kappa shape index (κ2) is 5.83. The number of carbonyl (C=O) groups is 1. The Bertz CT molecular complexity index is 255. The molecule has 0 bridgehead atoms. The van der Waals surface area contributed by atoms with Crippen LogP contribution in [0.4, 0.5) is 0 Å². The molecule has 1 heterocycles. The average molecular weight is 239 g/mol. The van der Waals surface area contributed by atoms with E-state index in [4.69, 9.17) is 0 Å². The van der Waals surface area contributed by atoms with Gasteiger partial charge < -0.3 is 10.6 Å². The maximum absolute atomic E-state index is 11.8. The second-order valence-electron chi connectivity index (χ2n) is 5.82. The van der Waals surface area contributed by atoms with Crippen LogP contribution in [0.1, 0.15) is 32.6 Å². The van der Waals surface area contributed by atoms with Crippen LogP contribution in [0.25, 0.3) is 0 Å². The van der Waals surface area contributed by atoms with Gasteiger partial charge in [0, 0.05) is 19.6 Å². The summed E-state index contributed by atoms with van der Waals surface area (Å²) in [6.07, 6.45) is 5.00. The van der Waals surface area contributed by atoms with Crippen molar-refractivity contribution in [2.24, 2.45) is 5.41 Å². The normalized spacial score (nSPS) is 24.8. The molecule has 0 unspecified atom stereocenters. The van der Waals surface area contributed by atoms with Crippen LogP contribution in [-0.4, -0.2) is 50.1 Å². The van der Waals surface area contributed by atoms with E-state index >= 15 is 0 Å². The third-order valence-electron chi connectivity index (χ3n) is 4.07. The molecule has 98 valence electrons. The van der Waals surface area contributed by atoms with Crippen LogP contribution in [0, 0.1) is 5.41 Å². The molecule has 1 aliphatic carbocycles. The Morgan fingerprint density at radius 3 is 2.82 bits per heavy atom. The number of nitrogens with one attached hydrogen (secondary N) is 2. The van der Waals surface area contributed by atoms with Crippen molar-refractivity contribution in [1.29, 1.82) is 0 Å². The van der Waals surface area contributed by atoms with Gasteiger partial charge in [0.1, 0.15) is 0 Å². The Labute approximate surface area is 104 Å². The Morgan fingerprint density at radius 2 is 2.12 bits per heavy atom. The first-order valence-electron chi connectivity index (χ1n) is 6.88. The maximum Gasteiger partial charge on any atom is 0.234 e. The van der Waals surface area contributed by atoms with Crippen molar-refractivity contribution in [3.8, 4) is 0 Å². The fourth-order valence-electron chi connectivity index (χ4n) is 2.59. The van der Waals surface area contributed by atoms with Crippen LogP contribution in [0.3, 0.4) is 0 Å². The lowest BCUT2D eigenvalue weighted by Crippen LogP contribution is -2.44. The predicted molar refractivity (Wildman–Crippen MR) is 68.9 cm³/mol. The van der Waals surface area contributed by atoms with Crippen LogP contribution in [-0.2, 0) is 4.79 Å². The van der Waals surface area contributed by atoms with E-state index in [-0.39, 0.29) is 5.91 Å². The molecule has 0 aromatic carbocycles. The van der Waals surface area contributed by atoms with Gasteiger partial charge in [-0.15, -0.1) is 0 Å². The van der Waals surface area contributed by atoms with E-state index in [1.165, 1.54) is 19.3 Å². The summed E-state index contributed by atoms with van der Waals surface area (Å²) < 4.78 is 0. The highest BCUT2D eigenvalue weighted by molar-refractivity contribution is 5.78. The van der Waals surface area contributed by atoms with Gasteiger partial charge >= 0.3 is 0 Å². The molecule has 1 saturated heterocycles. The van der Waals surface area contributed by atoms with Gasteiger partial charge in [-0.05, 0) is 37.8 Å². The topological polar surface area (TPSA) is 44.4 Å². The third kappa shape index (κ3) is 3.96. The smallest absolute Gasteiger partial charge is 0.234 e. The van der Waals surface area contributed by atoms with Crippen molar-refractivity contribution in [2.75, 3.05) is 39.3 Å². The third-order valence-corrected chi connectivity index (χ3v) is 4.07. The predicted octanol–water partition coefficient (Wildman–Crippen LogP) is 0.588. The highest BCUT2D eigenvalue weighted by Crippen LogP contribution is 2.39. The molecular weight excluding hydrogens is 214 g/mol. The van der Waals surface area contributed by atoms with Crippen LogP contribution < -0.4 is 10.6 Å². The minimum absolute atomic E-state index is 0.194. The number of rotatable bonds is 4. The molecule has 1 saturated carbocycles. The minimum Gasteiger partial charge on any atom is -0.354 e. The standard InChI is InChI=1S/C13H25N3O/c1-13(4-2-5-13)11-15-12(17)10-16-8-3-6-14-7-9-16/h14H,2-11H2,1H3,(H,15,17). The van der Waals surface area contributed by atoms with Crippen molar-refractivity contribution in [2.45, 2.75) is 32.6 Å². The largest absolute Gasteiger partial charge is 0.354 e. The molecule has 17 heavy (non-hydrogen) atoms. The zero-order valence-corrected chi connectivity index (χ0v) is 10.9. The first kappa shape index (κ1) is 12.8. The average Bonchev–Trinajstić information content (AvgIpc) is 2.52. The van der Waals surface area contributed by atoms with E-state index < -0.39 is 0 Å². The molecule has 1 amide bonds. The fourth-order valence-corrected chi connectivity index (χ4v) is 2.59. The Balaban J connectivity index is 1.65. The van der Waals surface area contributed by atoms with Crippen molar-refractivity contribution >= 4 is 5.91 Å². The molecule has 0 atom stereocenters. The molecule has 0 spiro atoms. The van der Waals surface area contributed by atoms with Crippen molar-refractivity contribution < 1.29 is 4.79 Å². The summed E-state index contributed by atoms with van der Waals surface area (Å²) in [5.74, 6) is 0.194. The summed E-state index contributed by atoms with van der Waals surface area (Å²) in [4.78, 5) is 14.1. The van der Waals surface area contributed by atoms with Gasteiger partial charge in [0.05, 0.1) is 6.54 Å². The van der Waals surface area contributed by atoms with Gasteiger partial charge in [-0.1, -0.05) is 13.3 Å². The zero-order chi connectivity index (χ0) is 12.1. The summed E-state index contributed by atoms with van der Waals surface area (Å²) in [5, 5.41) is 6.44. The number of hydrogen-bond acceptors (Lipinski definition) is 3. The monoisotopic (exact) mass is 239 g/mol. The first-order valence-corrected chi connectivity index (χ1v) is 6.88. The molecule has 1 aliphatic heterocycles. The minimum atomic E-state index is 0.194. The van der Waals surface area contributed by atoms with E-state index in [1.807, 2.05) is 0 Å². The van der Waals surface area contributed by atoms with Gasteiger partial charge in [-0.25, -0.2) is 0 Å². The molecule has 0 aromatic heterocycles. The van der Waals surface area contributed by atoms with E-state index in [1.54, 1.807) is 0 Å². The second-order valence-corrected chi connectivity index (χ2v) is 5.82. The highest BCUT2D eigenvalue weighted by atomic mass is 16.2. The Kier molecular flexibility index (Phi) is 4.40. The molecule has 2 N–H and O–H groups in total. The summed E-state index contributed by atoms with van der Waals surface area (Å²) in [6, 6.07) is 0. The molecule has 4 nitrogen and oxygen atoms in total. The molecule has 2 rings (SSSR count). The van der Waals surface area contributed by atoms with Gasteiger partial charge in [-0.3, -0.25) is 9.69 Å². The van der Waals surface area contributed by atoms with E-state index in [0.717, 1.165) is 39.1 Å². The van der Waals surface area contributed by atoms with Crippen LogP contribution >= 0.6 is 0 Å². The molecule has 4 heteroatoms. The quantitative estimate of drug-likeness (QED) is 0.754. The summed E-state index contributed by atoms with van der Waals surface area (Å²) in [5.41, 5.74) is 0.385. The number of hydrogen-bond donors (Lipinski definition) is 2. The summed E-state index contributed by atoms with van der Waals surface area (Å²) >= 11 is 0. The molecule has 2 aliphatic rings. The van der Waals surface area contributed by atoms with Gasteiger partial charge in [0.15, 0.2) is 0 Å². The first-order chi connectivity index (χ1) is 8.18. The van der Waals surface area contributed by atoms with Crippen molar-refractivity contribution in [1.82, 2.24) is 15.5 Å². The van der Waals surface area contributed by atoms with E-state index in [0.29, 0.717) is 12.0 Å². The lowest BCUT2D eigenvalue weighted by molar-refractivity contribution is -0.123. The van der Waals surface area contributed by atoms with Crippen LogP contribution in [0.15, 0.2) is 0 Å². The summed E-state index contributed by atoms with van der Waals surface area (Å²) in [6.45, 7) is 7.81. The lowest BCUT2D eigenvalue weighted by Gasteiger charge is -2.38. The van der Waals surface area contributed by atoms with E-state index in [2.05, 4.69) is 22.5 Å². The number of carbonyl (C=O) groups excluding carboxylic acids is 1. The fraction of sp³-hybridized carbons (Fsp3) is 0.923. The number of nitrogens with zero attached hydrogens (tertiary/aromatic N) is 1. The van der Waals surface area contributed by atoms with Crippen LogP contribution in [0.5, 0.6) is 0 Å². The summed E-state index contributed by atoms with van der Waals surface area (Å²) in [7, 11) is 0.